The SMILES string of the molecule is O=S(=O)(Cc1cccc(CO)c1)NCC1CC2CCC1C2. The van der Waals surface area contributed by atoms with E-state index in [1.165, 1.54) is 25.7 Å². The Kier molecular flexibility index (Phi) is 4.33. The molecule has 0 aromatic heterocycles. The van der Waals surface area contributed by atoms with E-state index < -0.39 is 10.0 Å². The summed E-state index contributed by atoms with van der Waals surface area (Å²) < 4.78 is 27.2. The summed E-state index contributed by atoms with van der Waals surface area (Å²) in [5.41, 5.74) is 1.47. The second kappa shape index (κ2) is 6.07. The van der Waals surface area contributed by atoms with E-state index in [4.69, 9.17) is 5.11 Å². The zero-order valence-electron chi connectivity index (χ0n) is 12.2. The maximum Gasteiger partial charge on any atom is 0.215 e. The molecule has 2 aliphatic carbocycles. The van der Waals surface area contributed by atoms with Gasteiger partial charge in [0.1, 0.15) is 0 Å². The number of hydrogen-bond acceptors (Lipinski definition) is 3. The van der Waals surface area contributed by atoms with E-state index in [1.54, 1.807) is 24.3 Å². The fourth-order valence-corrected chi connectivity index (χ4v) is 5.14. The van der Waals surface area contributed by atoms with Gasteiger partial charge in [0.2, 0.25) is 10.0 Å². The van der Waals surface area contributed by atoms with Gasteiger partial charge in [0.25, 0.3) is 0 Å². The van der Waals surface area contributed by atoms with Gasteiger partial charge in [0.15, 0.2) is 0 Å². The molecule has 3 atom stereocenters. The van der Waals surface area contributed by atoms with E-state index in [0.29, 0.717) is 12.5 Å². The molecule has 0 spiro atoms. The van der Waals surface area contributed by atoms with Crippen molar-refractivity contribution >= 4 is 10.0 Å². The number of fused-ring (bicyclic) bond motifs is 2. The maximum atomic E-state index is 12.2. The second-order valence-electron chi connectivity index (χ2n) is 6.52. The molecule has 21 heavy (non-hydrogen) atoms. The lowest BCUT2D eigenvalue weighted by molar-refractivity contribution is 0.282. The fraction of sp³-hybridized carbons (Fsp3) is 0.625. The number of rotatable bonds is 6. The van der Waals surface area contributed by atoms with Gasteiger partial charge in [-0.25, -0.2) is 13.1 Å². The molecule has 1 aromatic carbocycles. The van der Waals surface area contributed by atoms with Crippen LogP contribution in [0.15, 0.2) is 24.3 Å². The molecular formula is C16H23NO3S. The Hall–Kier alpha value is -0.910. The molecule has 0 amide bonds. The van der Waals surface area contributed by atoms with Gasteiger partial charge in [-0.05, 0) is 48.1 Å². The molecule has 4 nitrogen and oxygen atoms in total. The monoisotopic (exact) mass is 309 g/mol. The van der Waals surface area contributed by atoms with E-state index in [1.807, 2.05) is 0 Å². The van der Waals surface area contributed by atoms with E-state index in [2.05, 4.69) is 4.72 Å². The largest absolute Gasteiger partial charge is 0.392 e. The summed E-state index contributed by atoms with van der Waals surface area (Å²) in [6.45, 7) is 0.523. The number of sulfonamides is 1. The Morgan fingerprint density at radius 2 is 2.00 bits per heavy atom. The van der Waals surface area contributed by atoms with Crippen molar-refractivity contribution in [2.75, 3.05) is 6.54 Å². The van der Waals surface area contributed by atoms with Crippen LogP contribution in [-0.2, 0) is 22.4 Å². The molecule has 0 aliphatic heterocycles. The fourth-order valence-electron chi connectivity index (χ4n) is 3.95. The minimum Gasteiger partial charge on any atom is -0.392 e. The van der Waals surface area contributed by atoms with Crippen LogP contribution in [0.1, 0.15) is 36.8 Å². The Morgan fingerprint density at radius 3 is 2.67 bits per heavy atom. The summed E-state index contributed by atoms with van der Waals surface area (Å²) in [7, 11) is -3.30. The highest BCUT2D eigenvalue weighted by Gasteiger charge is 2.39. The first-order valence-corrected chi connectivity index (χ1v) is 9.37. The smallest absolute Gasteiger partial charge is 0.215 e. The molecule has 0 radical (unpaired) electrons. The Labute approximate surface area is 126 Å². The van der Waals surface area contributed by atoms with Gasteiger partial charge in [-0.15, -0.1) is 0 Å². The summed E-state index contributed by atoms with van der Waals surface area (Å²) in [4.78, 5) is 0. The van der Waals surface area contributed by atoms with Crippen molar-refractivity contribution in [2.45, 2.75) is 38.0 Å². The predicted molar refractivity (Wildman–Crippen MR) is 81.9 cm³/mol. The van der Waals surface area contributed by atoms with E-state index in [-0.39, 0.29) is 12.4 Å². The van der Waals surface area contributed by atoms with Crippen LogP contribution in [0.25, 0.3) is 0 Å². The molecule has 116 valence electrons. The average molecular weight is 309 g/mol. The third kappa shape index (κ3) is 3.65. The van der Waals surface area contributed by atoms with Crippen LogP contribution in [0.4, 0.5) is 0 Å². The standard InChI is InChI=1S/C16H23NO3S/c18-10-13-2-1-3-14(6-13)11-21(19,20)17-9-16-8-12-4-5-15(16)7-12/h1-3,6,12,15-18H,4-5,7-11H2. The zero-order chi connectivity index (χ0) is 14.9. The van der Waals surface area contributed by atoms with Gasteiger partial charge in [-0.3, -0.25) is 0 Å². The van der Waals surface area contributed by atoms with Crippen molar-refractivity contribution in [1.82, 2.24) is 4.72 Å². The second-order valence-corrected chi connectivity index (χ2v) is 8.33. The van der Waals surface area contributed by atoms with E-state index in [9.17, 15) is 8.42 Å². The molecule has 2 saturated carbocycles. The minimum absolute atomic E-state index is 0.0122. The lowest BCUT2D eigenvalue weighted by Gasteiger charge is -2.21. The summed E-state index contributed by atoms with van der Waals surface area (Å²) in [5, 5.41) is 9.10. The molecule has 2 bridgehead atoms. The molecule has 3 unspecified atom stereocenters. The molecular weight excluding hydrogens is 286 g/mol. The Balaban J connectivity index is 1.56. The molecule has 5 heteroatoms. The molecule has 2 aliphatic rings. The van der Waals surface area contributed by atoms with Crippen LogP contribution in [0.5, 0.6) is 0 Å². The number of aliphatic hydroxyl groups excluding tert-OH is 1. The van der Waals surface area contributed by atoms with Gasteiger partial charge in [0, 0.05) is 6.54 Å². The molecule has 2 N–H and O–H groups in total. The molecule has 0 heterocycles. The van der Waals surface area contributed by atoms with E-state index >= 15 is 0 Å². The lowest BCUT2D eigenvalue weighted by Crippen LogP contribution is -2.32. The number of nitrogens with one attached hydrogen (secondary N) is 1. The normalized spacial score (nSPS) is 28.1. The minimum atomic E-state index is -3.30. The van der Waals surface area contributed by atoms with Gasteiger partial charge >= 0.3 is 0 Å². The van der Waals surface area contributed by atoms with Crippen LogP contribution in [0, 0.1) is 17.8 Å². The highest BCUT2D eigenvalue weighted by Crippen LogP contribution is 2.47. The van der Waals surface area contributed by atoms with Crippen LogP contribution >= 0.6 is 0 Å². The van der Waals surface area contributed by atoms with Crippen molar-refractivity contribution in [3.63, 3.8) is 0 Å². The van der Waals surface area contributed by atoms with Crippen molar-refractivity contribution in [1.29, 1.82) is 0 Å². The highest BCUT2D eigenvalue weighted by molar-refractivity contribution is 7.88. The van der Waals surface area contributed by atoms with Crippen LogP contribution in [-0.4, -0.2) is 20.1 Å². The van der Waals surface area contributed by atoms with Crippen molar-refractivity contribution < 1.29 is 13.5 Å². The summed E-state index contributed by atoms with van der Waals surface area (Å²) in [5.74, 6) is 2.09. The summed E-state index contributed by atoms with van der Waals surface area (Å²) in [6.07, 6.45) is 5.09. The quantitative estimate of drug-likeness (QED) is 0.845. The highest BCUT2D eigenvalue weighted by atomic mass is 32.2. The van der Waals surface area contributed by atoms with Crippen LogP contribution in [0.3, 0.4) is 0 Å². The van der Waals surface area contributed by atoms with Gasteiger partial charge in [-0.1, -0.05) is 30.7 Å². The number of hydrogen-bond donors (Lipinski definition) is 2. The van der Waals surface area contributed by atoms with Crippen LogP contribution in [0.2, 0.25) is 0 Å². The Morgan fingerprint density at radius 1 is 1.19 bits per heavy atom. The maximum absolute atomic E-state index is 12.2. The number of benzene rings is 1. The summed E-state index contributed by atoms with van der Waals surface area (Å²) >= 11 is 0. The topological polar surface area (TPSA) is 66.4 Å². The first kappa shape index (κ1) is 15.0. The summed E-state index contributed by atoms with van der Waals surface area (Å²) in [6, 6.07) is 7.11. The van der Waals surface area contributed by atoms with Gasteiger partial charge in [-0.2, -0.15) is 0 Å². The number of aliphatic hydroxyl groups is 1. The first-order valence-electron chi connectivity index (χ1n) is 7.72. The van der Waals surface area contributed by atoms with Crippen molar-refractivity contribution in [3.05, 3.63) is 35.4 Å². The predicted octanol–water partition coefficient (Wildman–Crippen LogP) is 2.03. The third-order valence-electron chi connectivity index (χ3n) is 4.98. The van der Waals surface area contributed by atoms with Gasteiger partial charge < -0.3 is 5.11 Å². The molecule has 3 rings (SSSR count). The third-order valence-corrected chi connectivity index (χ3v) is 6.30. The van der Waals surface area contributed by atoms with Crippen molar-refractivity contribution in [3.8, 4) is 0 Å². The molecule has 1 aromatic rings. The average Bonchev–Trinajstić information content (AvgIpc) is 3.07. The molecule has 2 fully saturated rings. The van der Waals surface area contributed by atoms with Gasteiger partial charge in [0.05, 0.1) is 12.4 Å². The Bertz CT molecular complexity index is 599. The lowest BCUT2D eigenvalue weighted by atomic mass is 9.89. The van der Waals surface area contributed by atoms with Crippen molar-refractivity contribution in [2.24, 2.45) is 17.8 Å². The zero-order valence-corrected chi connectivity index (χ0v) is 13.0. The van der Waals surface area contributed by atoms with E-state index in [0.717, 1.165) is 23.0 Å². The molecule has 0 saturated heterocycles. The first-order chi connectivity index (χ1) is 10.1. The van der Waals surface area contributed by atoms with Crippen LogP contribution < -0.4 is 4.72 Å².